The molecule has 0 heterocycles. The van der Waals surface area contributed by atoms with Crippen LogP contribution >= 0.6 is 0 Å². The van der Waals surface area contributed by atoms with Crippen LogP contribution in [0.15, 0.2) is 71.7 Å². The molecule has 0 aliphatic rings. The number of benzene rings is 3. The fourth-order valence-corrected chi connectivity index (χ4v) is 2.71. The van der Waals surface area contributed by atoms with Gasteiger partial charge in [-0.1, -0.05) is 18.2 Å². The highest BCUT2D eigenvalue weighted by molar-refractivity contribution is 5.83. The van der Waals surface area contributed by atoms with Gasteiger partial charge in [-0.2, -0.15) is 0 Å². The van der Waals surface area contributed by atoms with Gasteiger partial charge in [0.05, 0.1) is 18.9 Å². The second kappa shape index (κ2) is 10.3. The van der Waals surface area contributed by atoms with E-state index in [1.165, 1.54) is 6.07 Å². The Bertz CT molecular complexity index is 955. The van der Waals surface area contributed by atoms with E-state index in [1.807, 2.05) is 56.3 Å². The van der Waals surface area contributed by atoms with Gasteiger partial charge in [-0.15, -0.1) is 0 Å². The van der Waals surface area contributed by atoms with Crippen LogP contribution < -0.4 is 14.2 Å². The van der Waals surface area contributed by atoms with Gasteiger partial charge in [0.15, 0.2) is 11.5 Å². The van der Waals surface area contributed by atoms with Crippen molar-refractivity contribution in [1.82, 2.24) is 0 Å². The van der Waals surface area contributed by atoms with Gasteiger partial charge in [-0.3, -0.25) is 4.99 Å². The Labute approximate surface area is 170 Å². The Morgan fingerprint density at radius 3 is 2.31 bits per heavy atom. The summed E-state index contributed by atoms with van der Waals surface area (Å²) in [6.45, 7) is 5.11. The number of rotatable bonds is 9. The minimum Gasteiger partial charge on any atom is -0.494 e. The van der Waals surface area contributed by atoms with Crippen LogP contribution in [0.1, 0.15) is 25.0 Å². The summed E-state index contributed by atoms with van der Waals surface area (Å²) in [6, 6.07) is 19.7. The first kappa shape index (κ1) is 20.4. The summed E-state index contributed by atoms with van der Waals surface area (Å²) in [5, 5.41) is 0. The summed E-state index contributed by atoms with van der Waals surface area (Å²) < 4.78 is 30.7. The Morgan fingerprint density at radius 2 is 1.59 bits per heavy atom. The van der Waals surface area contributed by atoms with Crippen molar-refractivity contribution in [2.24, 2.45) is 4.99 Å². The standard InChI is InChI=1S/C24H24FNO3/c1-3-27-21-12-10-20(11-13-21)26-16-18-9-14-23(24(15-18)28-4-2)29-17-19-7-5-6-8-22(19)25/h5-16H,3-4,17H2,1-2H3. The molecule has 5 heteroatoms. The lowest BCUT2D eigenvalue weighted by Gasteiger charge is -2.13. The van der Waals surface area contributed by atoms with E-state index in [9.17, 15) is 4.39 Å². The van der Waals surface area contributed by atoms with Crippen LogP contribution in [0.2, 0.25) is 0 Å². The summed E-state index contributed by atoms with van der Waals surface area (Å²) in [5.74, 6) is 1.69. The third kappa shape index (κ3) is 5.82. The fraction of sp³-hybridized carbons (Fsp3) is 0.208. The summed E-state index contributed by atoms with van der Waals surface area (Å²) >= 11 is 0. The lowest BCUT2D eigenvalue weighted by molar-refractivity contribution is 0.266. The summed E-state index contributed by atoms with van der Waals surface area (Å²) in [4.78, 5) is 4.49. The molecule has 29 heavy (non-hydrogen) atoms. The molecule has 0 saturated heterocycles. The van der Waals surface area contributed by atoms with Gasteiger partial charge in [-0.25, -0.2) is 4.39 Å². The van der Waals surface area contributed by atoms with Crippen LogP contribution in [0.5, 0.6) is 17.2 Å². The van der Waals surface area contributed by atoms with Crippen molar-refractivity contribution in [3.05, 3.63) is 83.7 Å². The highest BCUT2D eigenvalue weighted by Gasteiger charge is 2.08. The maximum Gasteiger partial charge on any atom is 0.161 e. The number of hydrogen-bond acceptors (Lipinski definition) is 4. The molecule has 0 atom stereocenters. The minimum absolute atomic E-state index is 0.131. The molecule has 0 aliphatic carbocycles. The van der Waals surface area contributed by atoms with Crippen LogP contribution in [0.25, 0.3) is 0 Å². The van der Waals surface area contributed by atoms with Crippen molar-refractivity contribution in [2.75, 3.05) is 13.2 Å². The zero-order valence-corrected chi connectivity index (χ0v) is 16.6. The van der Waals surface area contributed by atoms with Gasteiger partial charge >= 0.3 is 0 Å². The molecule has 0 unspecified atom stereocenters. The number of hydrogen-bond donors (Lipinski definition) is 0. The zero-order valence-electron chi connectivity index (χ0n) is 16.6. The van der Waals surface area contributed by atoms with E-state index in [-0.39, 0.29) is 12.4 Å². The molecule has 0 saturated carbocycles. The quantitative estimate of drug-likeness (QED) is 0.422. The first-order valence-corrected chi connectivity index (χ1v) is 9.59. The fourth-order valence-electron chi connectivity index (χ4n) is 2.71. The maximum atomic E-state index is 13.8. The van der Waals surface area contributed by atoms with Gasteiger partial charge in [0.1, 0.15) is 18.2 Å². The lowest BCUT2D eigenvalue weighted by atomic mass is 10.2. The van der Waals surface area contributed by atoms with Crippen LogP contribution in [-0.4, -0.2) is 19.4 Å². The largest absolute Gasteiger partial charge is 0.494 e. The predicted molar refractivity (Wildman–Crippen MR) is 113 cm³/mol. The second-order valence-electron chi connectivity index (χ2n) is 6.20. The van der Waals surface area contributed by atoms with Gasteiger partial charge < -0.3 is 14.2 Å². The normalized spacial score (nSPS) is 10.9. The average molecular weight is 393 g/mol. The molecule has 0 amide bonds. The SMILES string of the molecule is CCOc1ccc(N=Cc2ccc(OCc3ccccc3F)c(OCC)c2)cc1. The second-order valence-corrected chi connectivity index (χ2v) is 6.20. The molecule has 3 aromatic rings. The number of nitrogens with zero attached hydrogens (tertiary/aromatic N) is 1. The Kier molecular flexibility index (Phi) is 7.22. The molecule has 3 aromatic carbocycles. The molecule has 0 aliphatic heterocycles. The highest BCUT2D eigenvalue weighted by atomic mass is 19.1. The van der Waals surface area contributed by atoms with Gasteiger partial charge in [-0.05, 0) is 67.9 Å². The highest BCUT2D eigenvalue weighted by Crippen LogP contribution is 2.29. The lowest BCUT2D eigenvalue weighted by Crippen LogP contribution is -2.01. The summed E-state index contributed by atoms with van der Waals surface area (Å²) in [5.41, 5.74) is 2.20. The van der Waals surface area contributed by atoms with Gasteiger partial charge in [0.25, 0.3) is 0 Å². The molecule has 0 fully saturated rings. The first-order chi connectivity index (χ1) is 14.2. The topological polar surface area (TPSA) is 40.0 Å². The predicted octanol–water partition coefficient (Wildman–Crippen LogP) is 5.95. The molecule has 0 radical (unpaired) electrons. The van der Waals surface area contributed by atoms with E-state index in [0.29, 0.717) is 30.3 Å². The Balaban J connectivity index is 1.72. The van der Waals surface area contributed by atoms with Gasteiger partial charge in [0, 0.05) is 11.8 Å². The average Bonchev–Trinajstić information content (AvgIpc) is 2.74. The summed E-state index contributed by atoms with van der Waals surface area (Å²) in [6.07, 6.45) is 1.76. The van der Waals surface area contributed by atoms with Crippen LogP contribution in [0.3, 0.4) is 0 Å². The molecule has 0 aromatic heterocycles. The van der Waals surface area contributed by atoms with Crippen molar-refractivity contribution in [2.45, 2.75) is 20.5 Å². The molecule has 4 nitrogen and oxygen atoms in total. The van der Waals surface area contributed by atoms with Crippen molar-refractivity contribution in [1.29, 1.82) is 0 Å². The molecule has 0 spiro atoms. The van der Waals surface area contributed by atoms with E-state index in [0.717, 1.165) is 17.0 Å². The van der Waals surface area contributed by atoms with E-state index < -0.39 is 0 Å². The zero-order chi connectivity index (χ0) is 20.5. The third-order valence-corrected chi connectivity index (χ3v) is 4.12. The van der Waals surface area contributed by atoms with Crippen molar-refractivity contribution < 1.29 is 18.6 Å². The van der Waals surface area contributed by atoms with E-state index >= 15 is 0 Å². The van der Waals surface area contributed by atoms with Crippen molar-refractivity contribution in [3.8, 4) is 17.2 Å². The maximum absolute atomic E-state index is 13.8. The van der Waals surface area contributed by atoms with Crippen molar-refractivity contribution in [3.63, 3.8) is 0 Å². The minimum atomic E-state index is -0.287. The monoisotopic (exact) mass is 393 g/mol. The Morgan fingerprint density at radius 1 is 0.828 bits per heavy atom. The third-order valence-electron chi connectivity index (χ3n) is 4.12. The number of aliphatic imine (C=N–C) groups is 1. The van der Waals surface area contributed by atoms with Crippen LogP contribution in [0, 0.1) is 5.82 Å². The van der Waals surface area contributed by atoms with Crippen molar-refractivity contribution >= 4 is 11.9 Å². The van der Waals surface area contributed by atoms with Crippen LogP contribution in [-0.2, 0) is 6.61 Å². The number of halogens is 1. The van der Waals surface area contributed by atoms with E-state index in [4.69, 9.17) is 14.2 Å². The molecular weight excluding hydrogens is 369 g/mol. The molecule has 0 N–H and O–H groups in total. The molecule has 3 rings (SSSR count). The number of ether oxygens (including phenoxy) is 3. The van der Waals surface area contributed by atoms with E-state index in [1.54, 1.807) is 24.4 Å². The first-order valence-electron chi connectivity index (χ1n) is 9.59. The van der Waals surface area contributed by atoms with E-state index in [2.05, 4.69) is 4.99 Å². The smallest absolute Gasteiger partial charge is 0.161 e. The van der Waals surface area contributed by atoms with Crippen LogP contribution in [0.4, 0.5) is 10.1 Å². The summed E-state index contributed by atoms with van der Waals surface area (Å²) in [7, 11) is 0. The molecule has 0 bridgehead atoms. The Hall–Kier alpha value is -3.34. The molecular formula is C24H24FNO3. The molecule has 150 valence electrons. The van der Waals surface area contributed by atoms with Gasteiger partial charge in [0.2, 0.25) is 0 Å².